The van der Waals surface area contributed by atoms with Crippen LogP contribution in [0.2, 0.25) is 19.6 Å². The first-order valence-corrected chi connectivity index (χ1v) is 12.4. The zero-order chi connectivity index (χ0) is 16.2. The van der Waals surface area contributed by atoms with E-state index in [1.807, 2.05) is 30.3 Å². The van der Waals surface area contributed by atoms with E-state index in [0.29, 0.717) is 6.61 Å². The molecule has 0 unspecified atom stereocenters. The van der Waals surface area contributed by atoms with Crippen LogP contribution in [0.1, 0.15) is 11.1 Å². The Kier molecular flexibility index (Phi) is 6.13. The second kappa shape index (κ2) is 7.67. The van der Waals surface area contributed by atoms with Gasteiger partial charge in [0.1, 0.15) is 20.4 Å². The van der Waals surface area contributed by atoms with Gasteiger partial charge in [0.2, 0.25) is 0 Å². The summed E-state index contributed by atoms with van der Waals surface area (Å²) in [5, 5.41) is 0. The number of halogens is 2. The summed E-state index contributed by atoms with van der Waals surface area (Å²) >= 11 is 5.92. The van der Waals surface area contributed by atoms with Crippen LogP contribution in [0.25, 0.3) is 0 Å². The van der Waals surface area contributed by atoms with Crippen LogP contribution in [0.3, 0.4) is 0 Å². The molecule has 0 aliphatic carbocycles. The molecular formula is C18H18BrIOSi. The van der Waals surface area contributed by atoms with Crippen molar-refractivity contribution in [2.45, 2.75) is 26.2 Å². The third-order valence-corrected chi connectivity index (χ3v) is 6.23. The molecular weight excluding hydrogens is 467 g/mol. The molecule has 0 aliphatic rings. The van der Waals surface area contributed by atoms with Gasteiger partial charge in [0, 0.05) is 13.6 Å². The topological polar surface area (TPSA) is 9.23 Å². The van der Waals surface area contributed by atoms with Crippen LogP contribution in [-0.2, 0) is 6.61 Å². The molecule has 0 aliphatic heterocycles. The van der Waals surface area contributed by atoms with Crippen molar-refractivity contribution in [1.82, 2.24) is 0 Å². The highest BCUT2D eigenvalue weighted by Crippen LogP contribution is 2.28. The Morgan fingerprint density at radius 3 is 2.45 bits per heavy atom. The van der Waals surface area contributed by atoms with E-state index in [0.717, 1.165) is 24.9 Å². The zero-order valence-corrected chi connectivity index (χ0v) is 17.7. The summed E-state index contributed by atoms with van der Waals surface area (Å²) in [4.78, 5) is 0. The van der Waals surface area contributed by atoms with Gasteiger partial charge in [-0.1, -0.05) is 55.9 Å². The quantitative estimate of drug-likeness (QED) is 0.301. The van der Waals surface area contributed by atoms with Crippen molar-refractivity contribution < 1.29 is 4.74 Å². The first-order valence-electron chi connectivity index (χ1n) is 7.04. The van der Waals surface area contributed by atoms with Crippen LogP contribution in [0, 0.1) is 15.0 Å². The third-order valence-electron chi connectivity index (χ3n) is 2.82. The van der Waals surface area contributed by atoms with Gasteiger partial charge in [-0.3, -0.25) is 0 Å². The van der Waals surface area contributed by atoms with Gasteiger partial charge in [0.05, 0.1) is 0 Å². The molecule has 0 amide bonds. The molecule has 0 spiro atoms. The molecule has 22 heavy (non-hydrogen) atoms. The Balaban J connectivity index is 2.22. The Morgan fingerprint density at radius 1 is 1.14 bits per heavy atom. The first kappa shape index (κ1) is 17.6. The van der Waals surface area contributed by atoms with Crippen molar-refractivity contribution >= 4 is 46.6 Å². The second-order valence-corrected chi connectivity index (χ2v) is 12.7. The monoisotopic (exact) mass is 484 g/mol. The van der Waals surface area contributed by atoms with Gasteiger partial charge >= 0.3 is 0 Å². The fourth-order valence-electron chi connectivity index (χ4n) is 1.73. The van der Waals surface area contributed by atoms with Crippen LogP contribution in [0.4, 0.5) is 0 Å². The summed E-state index contributed by atoms with van der Waals surface area (Å²) in [6.07, 6.45) is 0. The summed E-state index contributed by atoms with van der Waals surface area (Å²) in [5.41, 5.74) is 5.60. The summed E-state index contributed by atoms with van der Waals surface area (Å²) in [7, 11) is -1.39. The van der Waals surface area contributed by atoms with Crippen LogP contribution in [0.15, 0.2) is 46.9 Å². The largest absolute Gasteiger partial charge is 0.489 e. The lowest BCUT2D eigenvalue weighted by molar-refractivity contribution is 0.306. The predicted molar refractivity (Wildman–Crippen MR) is 108 cm³/mol. The molecule has 0 heterocycles. The van der Waals surface area contributed by atoms with Gasteiger partial charge in [-0.25, -0.2) is 0 Å². The number of ether oxygens (including phenoxy) is 1. The van der Waals surface area contributed by atoms with Gasteiger partial charge < -0.3 is 4.74 Å². The summed E-state index contributed by atoms with van der Waals surface area (Å²) in [6, 6.07) is 14.2. The Labute approximate surface area is 155 Å². The minimum Gasteiger partial charge on any atom is -0.489 e. The molecule has 0 radical (unpaired) electrons. The minimum absolute atomic E-state index is 0.564. The fraction of sp³-hybridized carbons (Fsp3) is 0.222. The van der Waals surface area contributed by atoms with Crippen molar-refractivity contribution in [3.8, 4) is 17.2 Å². The maximum atomic E-state index is 5.91. The van der Waals surface area contributed by atoms with E-state index in [4.69, 9.17) is 4.74 Å². The molecule has 0 bridgehead atoms. The van der Waals surface area contributed by atoms with Gasteiger partial charge in [-0.15, -0.1) is 5.54 Å². The fourth-order valence-corrected chi connectivity index (χ4v) is 3.13. The zero-order valence-electron chi connectivity index (χ0n) is 12.9. The molecule has 0 aromatic heterocycles. The van der Waals surface area contributed by atoms with Crippen molar-refractivity contribution in [3.63, 3.8) is 0 Å². The van der Waals surface area contributed by atoms with Crippen molar-refractivity contribution in [2.24, 2.45) is 0 Å². The lowest BCUT2D eigenvalue weighted by atomic mass is 10.2. The normalized spacial score (nSPS) is 10.8. The van der Waals surface area contributed by atoms with E-state index < -0.39 is 8.07 Å². The van der Waals surface area contributed by atoms with E-state index in [1.165, 1.54) is 0 Å². The molecule has 0 saturated heterocycles. The van der Waals surface area contributed by atoms with Crippen LogP contribution < -0.4 is 4.74 Å². The highest BCUT2D eigenvalue weighted by atomic mass is 127. The maximum absolute atomic E-state index is 5.91. The van der Waals surface area contributed by atoms with E-state index in [2.05, 4.69) is 81.8 Å². The number of hydrogen-bond donors (Lipinski definition) is 0. The molecule has 4 heteroatoms. The highest BCUT2D eigenvalue weighted by Gasteiger charge is 2.10. The molecule has 0 N–H and O–H groups in total. The average Bonchev–Trinajstić information content (AvgIpc) is 2.47. The van der Waals surface area contributed by atoms with E-state index in [9.17, 15) is 0 Å². The molecule has 0 fully saturated rings. The minimum atomic E-state index is -1.39. The molecule has 1 nitrogen and oxygen atoms in total. The van der Waals surface area contributed by atoms with Crippen LogP contribution in [-0.4, -0.2) is 8.07 Å². The maximum Gasteiger partial charge on any atom is 0.129 e. The second-order valence-electron chi connectivity index (χ2n) is 6.04. The lowest BCUT2D eigenvalue weighted by Gasteiger charge is -2.10. The predicted octanol–water partition coefficient (Wildman–Crippen LogP) is 5.86. The van der Waals surface area contributed by atoms with Crippen molar-refractivity contribution in [1.29, 1.82) is 0 Å². The molecule has 2 rings (SSSR count). The third kappa shape index (κ3) is 5.45. The SMILES string of the molecule is C[Si](C)(C)C#Cc1cc(OCc2ccccc2)cc(Br)c1I. The molecule has 2 aromatic rings. The van der Waals surface area contributed by atoms with Gasteiger partial charge in [0.25, 0.3) is 0 Å². The molecule has 114 valence electrons. The van der Waals surface area contributed by atoms with Crippen molar-refractivity contribution in [3.05, 3.63) is 61.6 Å². The number of hydrogen-bond acceptors (Lipinski definition) is 1. The molecule has 0 atom stereocenters. The summed E-state index contributed by atoms with van der Waals surface area (Å²) < 4.78 is 8.07. The van der Waals surface area contributed by atoms with E-state index in [-0.39, 0.29) is 0 Å². The smallest absolute Gasteiger partial charge is 0.129 e. The lowest BCUT2D eigenvalue weighted by Crippen LogP contribution is -2.16. The van der Waals surface area contributed by atoms with Gasteiger partial charge in [-0.2, -0.15) is 0 Å². The average molecular weight is 485 g/mol. The number of rotatable bonds is 3. The van der Waals surface area contributed by atoms with Crippen molar-refractivity contribution in [2.75, 3.05) is 0 Å². The summed E-state index contributed by atoms with van der Waals surface area (Å²) in [6.45, 7) is 7.31. The first-order chi connectivity index (χ1) is 10.3. The van der Waals surface area contributed by atoms with Gasteiger partial charge in [0.15, 0.2) is 0 Å². The highest BCUT2D eigenvalue weighted by molar-refractivity contribution is 14.1. The Bertz CT molecular complexity index is 712. The standard InChI is InChI=1S/C18H18BrIOSi/c1-22(2,3)10-9-15-11-16(12-17(19)18(15)20)21-13-14-7-5-4-6-8-14/h4-8,11-12H,13H2,1-3H3. The Morgan fingerprint density at radius 2 is 1.82 bits per heavy atom. The van der Waals surface area contributed by atoms with Gasteiger partial charge in [-0.05, 0) is 56.2 Å². The number of benzene rings is 2. The Hall–Kier alpha value is -0.773. The van der Waals surface area contributed by atoms with Crippen LogP contribution in [0.5, 0.6) is 5.75 Å². The van der Waals surface area contributed by atoms with Crippen LogP contribution >= 0.6 is 38.5 Å². The summed E-state index contributed by atoms with van der Waals surface area (Å²) in [5.74, 6) is 4.17. The van der Waals surface area contributed by atoms with E-state index >= 15 is 0 Å². The van der Waals surface area contributed by atoms with E-state index in [1.54, 1.807) is 0 Å². The molecule has 2 aromatic carbocycles. The molecule has 0 saturated carbocycles.